The first-order chi connectivity index (χ1) is 13.2. The predicted molar refractivity (Wildman–Crippen MR) is 104 cm³/mol. The average molecular weight is 377 g/mol. The number of anilines is 1. The molecule has 0 unspecified atom stereocenters. The van der Waals surface area contributed by atoms with Crippen LogP contribution in [0.4, 0.5) is 5.13 Å². The summed E-state index contributed by atoms with van der Waals surface area (Å²) in [5, 5.41) is 17.3. The standard InChI is InChI=1S/C19H15N5O2S/c25-16(12-24-18(26)15-9-5-4-8-14(15)11-20-24)21-19-23-22-17(27-19)10-13-6-2-1-3-7-13/h1-9,11H,10,12H2,(H,21,23,25). The van der Waals surface area contributed by atoms with Crippen molar-refractivity contribution in [2.45, 2.75) is 13.0 Å². The number of carbonyl (C=O) groups excluding carboxylic acids is 1. The van der Waals surface area contributed by atoms with Crippen LogP contribution in [0.3, 0.4) is 0 Å². The molecule has 7 nitrogen and oxygen atoms in total. The van der Waals surface area contributed by atoms with E-state index in [1.54, 1.807) is 18.3 Å². The minimum Gasteiger partial charge on any atom is -0.299 e. The summed E-state index contributed by atoms with van der Waals surface area (Å²) in [6.07, 6.45) is 2.23. The van der Waals surface area contributed by atoms with E-state index < -0.39 is 0 Å². The Balaban J connectivity index is 1.44. The van der Waals surface area contributed by atoms with E-state index in [-0.39, 0.29) is 18.0 Å². The van der Waals surface area contributed by atoms with Crippen molar-refractivity contribution < 1.29 is 4.79 Å². The molecule has 0 radical (unpaired) electrons. The first-order valence-corrected chi connectivity index (χ1v) is 9.12. The molecule has 0 aliphatic carbocycles. The van der Waals surface area contributed by atoms with E-state index in [1.165, 1.54) is 11.3 Å². The Bertz CT molecular complexity index is 1150. The lowest BCUT2D eigenvalue weighted by Gasteiger charge is -2.05. The predicted octanol–water partition coefficient (Wildman–Crippen LogP) is 2.48. The van der Waals surface area contributed by atoms with Crippen molar-refractivity contribution in [3.63, 3.8) is 0 Å². The van der Waals surface area contributed by atoms with Gasteiger partial charge in [0.2, 0.25) is 11.0 Å². The van der Waals surface area contributed by atoms with Crippen molar-refractivity contribution in [2.24, 2.45) is 0 Å². The summed E-state index contributed by atoms with van der Waals surface area (Å²) in [4.78, 5) is 24.7. The van der Waals surface area contributed by atoms with Gasteiger partial charge < -0.3 is 0 Å². The van der Waals surface area contributed by atoms with E-state index >= 15 is 0 Å². The maximum Gasteiger partial charge on any atom is 0.275 e. The van der Waals surface area contributed by atoms with Gasteiger partial charge in [0, 0.05) is 11.8 Å². The monoisotopic (exact) mass is 377 g/mol. The summed E-state index contributed by atoms with van der Waals surface area (Å²) in [7, 11) is 0. The van der Waals surface area contributed by atoms with Crippen LogP contribution in [-0.2, 0) is 17.8 Å². The molecule has 0 fully saturated rings. The lowest BCUT2D eigenvalue weighted by Crippen LogP contribution is -2.29. The Hall–Kier alpha value is -3.39. The van der Waals surface area contributed by atoms with Crippen LogP contribution in [0.2, 0.25) is 0 Å². The average Bonchev–Trinajstić information content (AvgIpc) is 3.11. The minimum absolute atomic E-state index is 0.183. The lowest BCUT2D eigenvalue weighted by molar-refractivity contribution is -0.117. The van der Waals surface area contributed by atoms with Crippen LogP contribution in [-0.4, -0.2) is 25.9 Å². The zero-order valence-corrected chi connectivity index (χ0v) is 15.0. The number of fused-ring (bicyclic) bond motifs is 1. The third kappa shape index (κ3) is 3.90. The van der Waals surface area contributed by atoms with Gasteiger partial charge in [0.25, 0.3) is 5.56 Å². The zero-order chi connectivity index (χ0) is 18.6. The molecule has 27 heavy (non-hydrogen) atoms. The molecule has 2 heterocycles. The highest BCUT2D eigenvalue weighted by Gasteiger charge is 2.12. The van der Waals surface area contributed by atoms with Crippen LogP contribution < -0.4 is 10.9 Å². The molecule has 0 saturated heterocycles. The van der Waals surface area contributed by atoms with E-state index in [4.69, 9.17) is 0 Å². The zero-order valence-electron chi connectivity index (χ0n) is 14.2. The minimum atomic E-state index is -0.373. The van der Waals surface area contributed by atoms with Crippen molar-refractivity contribution in [2.75, 3.05) is 5.32 Å². The number of nitrogens with one attached hydrogen (secondary N) is 1. The largest absolute Gasteiger partial charge is 0.299 e. The van der Waals surface area contributed by atoms with Gasteiger partial charge >= 0.3 is 0 Å². The molecule has 2 aromatic heterocycles. The number of hydrogen-bond acceptors (Lipinski definition) is 6. The van der Waals surface area contributed by atoms with Crippen LogP contribution in [0.5, 0.6) is 0 Å². The van der Waals surface area contributed by atoms with Gasteiger partial charge in [-0.25, -0.2) is 4.68 Å². The van der Waals surface area contributed by atoms with Crippen molar-refractivity contribution >= 4 is 33.1 Å². The van der Waals surface area contributed by atoms with E-state index in [1.807, 2.05) is 42.5 Å². The number of carbonyl (C=O) groups is 1. The van der Waals surface area contributed by atoms with Crippen molar-refractivity contribution in [3.8, 4) is 0 Å². The molecule has 0 aliphatic heterocycles. The Kier molecular flexibility index (Phi) is 4.71. The second-order valence-electron chi connectivity index (χ2n) is 5.91. The first-order valence-electron chi connectivity index (χ1n) is 8.30. The highest BCUT2D eigenvalue weighted by Crippen LogP contribution is 2.18. The van der Waals surface area contributed by atoms with Crippen LogP contribution >= 0.6 is 11.3 Å². The highest BCUT2D eigenvalue weighted by molar-refractivity contribution is 7.15. The second kappa shape index (κ2) is 7.46. The summed E-state index contributed by atoms with van der Waals surface area (Å²) in [6.45, 7) is -0.183. The van der Waals surface area contributed by atoms with Gasteiger partial charge in [-0.2, -0.15) is 5.10 Å². The van der Waals surface area contributed by atoms with Crippen LogP contribution in [0.25, 0.3) is 10.8 Å². The van der Waals surface area contributed by atoms with Crippen LogP contribution in [0, 0.1) is 0 Å². The first kappa shape index (κ1) is 17.0. The lowest BCUT2D eigenvalue weighted by atomic mass is 10.2. The molecule has 4 aromatic rings. The Morgan fingerprint density at radius 2 is 1.81 bits per heavy atom. The van der Waals surface area contributed by atoms with Crippen molar-refractivity contribution in [1.82, 2.24) is 20.0 Å². The quantitative estimate of drug-likeness (QED) is 0.577. The molecule has 8 heteroatoms. The summed E-state index contributed by atoms with van der Waals surface area (Å²) in [6, 6.07) is 17.1. The number of benzene rings is 2. The smallest absolute Gasteiger partial charge is 0.275 e. The SMILES string of the molecule is O=C(Cn1ncc2ccccc2c1=O)Nc1nnc(Cc2ccccc2)s1. The molecule has 0 saturated carbocycles. The number of rotatable bonds is 5. The molecule has 0 spiro atoms. The second-order valence-corrected chi connectivity index (χ2v) is 6.97. The molecular weight excluding hydrogens is 362 g/mol. The number of amides is 1. The topological polar surface area (TPSA) is 89.8 Å². The van der Waals surface area contributed by atoms with Gasteiger partial charge in [0.1, 0.15) is 11.6 Å². The summed E-state index contributed by atoms with van der Waals surface area (Å²) < 4.78 is 1.14. The summed E-state index contributed by atoms with van der Waals surface area (Å²) >= 11 is 1.31. The molecular formula is C19H15N5O2S. The van der Waals surface area contributed by atoms with Gasteiger partial charge in [-0.15, -0.1) is 10.2 Å². The van der Waals surface area contributed by atoms with E-state index in [2.05, 4.69) is 20.6 Å². The van der Waals surface area contributed by atoms with Gasteiger partial charge in [-0.1, -0.05) is 59.9 Å². The summed E-state index contributed by atoms with van der Waals surface area (Å²) in [5.74, 6) is -0.373. The summed E-state index contributed by atoms with van der Waals surface area (Å²) in [5.41, 5.74) is 0.823. The maximum absolute atomic E-state index is 12.4. The molecule has 1 N–H and O–H groups in total. The van der Waals surface area contributed by atoms with Gasteiger partial charge in [0.15, 0.2) is 0 Å². The van der Waals surface area contributed by atoms with Gasteiger partial charge in [-0.05, 0) is 11.6 Å². The van der Waals surface area contributed by atoms with Gasteiger partial charge in [-0.3, -0.25) is 14.9 Å². The molecule has 2 aromatic carbocycles. The molecule has 134 valence electrons. The van der Waals surface area contributed by atoms with E-state index in [9.17, 15) is 9.59 Å². The molecule has 0 atom stereocenters. The van der Waals surface area contributed by atoms with Crippen LogP contribution in [0.1, 0.15) is 10.6 Å². The molecule has 4 rings (SSSR count). The van der Waals surface area contributed by atoms with Crippen LogP contribution in [0.15, 0.2) is 65.6 Å². The fraction of sp³-hybridized carbons (Fsp3) is 0.105. The molecule has 0 aliphatic rings. The molecule has 1 amide bonds. The number of hydrogen-bond donors (Lipinski definition) is 1. The maximum atomic E-state index is 12.4. The fourth-order valence-electron chi connectivity index (χ4n) is 2.68. The Morgan fingerprint density at radius 1 is 1.04 bits per heavy atom. The normalized spacial score (nSPS) is 10.8. The molecule has 0 bridgehead atoms. The third-order valence-corrected chi connectivity index (χ3v) is 4.81. The van der Waals surface area contributed by atoms with Crippen molar-refractivity contribution in [3.05, 3.63) is 81.7 Å². The number of nitrogens with zero attached hydrogens (tertiary/aromatic N) is 4. The van der Waals surface area contributed by atoms with Crippen molar-refractivity contribution in [1.29, 1.82) is 0 Å². The third-order valence-electron chi connectivity index (χ3n) is 3.97. The Labute approximate surface area is 158 Å². The Morgan fingerprint density at radius 3 is 2.67 bits per heavy atom. The highest BCUT2D eigenvalue weighted by atomic mass is 32.1. The van der Waals surface area contributed by atoms with Gasteiger partial charge in [0.05, 0.1) is 11.6 Å². The number of aromatic nitrogens is 4. The van der Waals surface area contributed by atoms with E-state index in [0.29, 0.717) is 16.9 Å². The van der Waals surface area contributed by atoms with E-state index in [0.717, 1.165) is 20.6 Å². The fourth-order valence-corrected chi connectivity index (χ4v) is 3.47.